The number of rotatable bonds is 10. The first kappa shape index (κ1) is 21.4. The largest absolute Gasteiger partial charge is 0.478 e. The zero-order valence-electron chi connectivity index (χ0n) is 13.8. The van der Waals surface area contributed by atoms with Crippen LogP contribution in [0, 0.1) is 0 Å². The van der Waals surface area contributed by atoms with Gasteiger partial charge in [0.05, 0.1) is 17.9 Å². The van der Waals surface area contributed by atoms with E-state index in [1.165, 1.54) is 18.9 Å². The van der Waals surface area contributed by atoms with Crippen LogP contribution in [0.25, 0.3) is 0 Å². The fourth-order valence-electron chi connectivity index (χ4n) is 2.23. The lowest BCUT2D eigenvalue weighted by Crippen LogP contribution is -2.15. The molecule has 0 fully saturated rings. The van der Waals surface area contributed by atoms with E-state index in [0.717, 1.165) is 19.3 Å². The van der Waals surface area contributed by atoms with Gasteiger partial charge >= 0.3 is 11.9 Å². The van der Waals surface area contributed by atoms with Gasteiger partial charge in [-0.1, -0.05) is 39.5 Å². The molecule has 0 aliphatic carbocycles. The molecule has 0 saturated carbocycles. The molecule has 0 bridgehead atoms. The van der Waals surface area contributed by atoms with Gasteiger partial charge in [0.25, 0.3) is 0 Å². The van der Waals surface area contributed by atoms with Crippen LogP contribution >= 0.6 is 12.4 Å². The minimum absolute atomic E-state index is 0. The number of carbonyl (C=O) groups excluding carboxylic acids is 1. The molecule has 0 radical (unpaired) electrons. The van der Waals surface area contributed by atoms with Gasteiger partial charge in [0.1, 0.15) is 0 Å². The number of pyridine rings is 1. The summed E-state index contributed by atoms with van der Waals surface area (Å²) in [6, 6.07) is 3.10. The van der Waals surface area contributed by atoms with Gasteiger partial charge in [0.15, 0.2) is 0 Å². The lowest BCUT2D eigenvalue weighted by molar-refractivity contribution is -0.144. The zero-order valence-corrected chi connectivity index (χ0v) is 14.6. The Labute approximate surface area is 143 Å². The van der Waals surface area contributed by atoms with Crippen LogP contribution in [0.3, 0.4) is 0 Å². The number of carboxylic acids is 1. The van der Waals surface area contributed by atoms with Crippen molar-refractivity contribution in [2.75, 3.05) is 6.61 Å². The number of hydrogen-bond donors (Lipinski definition) is 1. The highest BCUT2D eigenvalue weighted by molar-refractivity contribution is 5.89. The monoisotopic (exact) mass is 343 g/mol. The molecule has 0 amide bonds. The first-order valence-corrected chi connectivity index (χ1v) is 7.90. The summed E-state index contributed by atoms with van der Waals surface area (Å²) >= 11 is 0. The topological polar surface area (TPSA) is 76.5 Å². The summed E-state index contributed by atoms with van der Waals surface area (Å²) in [5.74, 6) is -1.48. The number of carboxylic acid groups (broad SMARTS) is 1. The lowest BCUT2D eigenvalue weighted by Gasteiger charge is -2.13. The Bertz CT molecular complexity index is 493. The van der Waals surface area contributed by atoms with E-state index in [9.17, 15) is 9.59 Å². The van der Waals surface area contributed by atoms with Crippen molar-refractivity contribution in [3.8, 4) is 0 Å². The summed E-state index contributed by atoms with van der Waals surface area (Å²) in [6.07, 6.45) is 7.38. The number of ether oxygens (including phenoxy) is 1. The molecule has 1 unspecified atom stereocenters. The smallest absolute Gasteiger partial charge is 0.337 e. The molecule has 1 N–H and O–H groups in total. The second-order valence-electron chi connectivity index (χ2n) is 5.49. The molecular formula is C17H26ClNO4. The van der Waals surface area contributed by atoms with E-state index in [2.05, 4.69) is 11.9 Å². The summed E-state index contributed by atoms with van der Waals surface area (Å²) in [5, 5.41) is 9.13. The summed E-state index contributed by atoms with van der Waals surface area (Å²) in [6.45, 7) is 4.12. The van der Waals surface area contributed by atoms with E-state index in [-0.39, 0.29) is 36.5 Å². The molecule has 1 heterocycles. The molecule has 1 atom stereocenters. The maximum atomic E-state index is 11.7. The Morgan fingerprint density at radius 1 is 1.26 bits per heavy atom. The van der Waals surface area contributed by atoms with Gasteiger partial charge in [-0.3, -0.25) is 9.78 Å². The van der Waals surface area contributed by atoms with E-state index in [1.54, 1.807) is 12.3 Å². The van der Waals surface area contributed by atoms with Crippen molar-refractivity contribution in [1.82, 2.24) is 4.98 Å². The average molecular weight is 344 g/mol. The molecule has 6 heteroatoms. The Balaban J connectivity index is 0.00000484. The number of carbonyl (C=O) groups is 2. The zero-order chi connectivity index (χ0) is 16.4. The van der Waals surface area contributed by atoms with Crippen LogP contribution in [0.4, 0.5) is 0 Å². The van der Waals surface area contributed by atoms with Crippen LogP contribution in [0.1, 0.15) is 74.3 Å². The second kappa shape index (κ2) is 11.9. The highest BCUT2D eigenvalue weighted by atomic mass is 35.5. The Morgan fingerprint density at radius 3 is 2.61 bits per heavy atom. The molecule has 130 valence electrons. The van der Waals surface area contributed by atoms with E-state index in [4.69, 9.17) is 9.84 Å². The summed E-state index contributed by atoms with van der Waals surface area (Å²) in [4.78, 5) is 26.9. The van der Waals surface area contributed by atoms with Crippen molar-refractivity contribution in [1.29, 1.82) is 0 Å². The number of hydrogen-bond acceptors (Lipinski definition) is 4. The summed E-state index contributed by atoms with van der Waals surface area (Å²) in [5.41, 5.74) is 0.608. The van der Waals surface area contributed by atoms with Crippen molar-refractivity contribution in [3.05, 3.63) is 29.6 Å². The van der Waals surface area contributed by atoms with Crippen molar-refractivity contribution in [2.24, 2.45) is 0 Å². The number of aromatic carboxylic acids is 1. The quantitative estimate of drug-likeness (QED) is 0.508. The number of unbranched alkanes of at least 4 members (excludes halogenated alkanes) is 4. The second-order valence-corrected chi connectivity index (χ2v) is 5.49. The standard InChI is InChI=1S/C17H25NO4.ClH/c1-3-4-5-6-7-10-15(19)22-12-13(2)16-14(17(20)21)9-8-11-18-16;/h8-9,11,13H,3-7,10,12H2,1-2H3,(H,20,21);1H. The molecule has 5 nitrogen and oxygen atoms in total. The highest BCUT2D eigenvalue weighted by Gasteiger charge is 2.18. The predicted molar refractivity (Wildman–Crippen MR) is 91.2 cm³/mol. The first-order chi connectivity index (χ1) is 10.6. The van der Waals surface area contributed by atoms with Crippen LogP contribution < -0.4 is 0 Å². The molecule has 1 rings (SSSR count). The van der Waals surface area contributed by atoms with Crippen molar-refractivity contribution >= 4 is 24.3 Å². The molecule has 1 aromatic rings. The van der Waals surface area contributed by atoms with Gasteiger partial charge in [-0.25, -0.2) is 4.79 Å². The van der Waals surface area contributed by atoms with Crippen molar-refractivity contribution in [3.63, 3.8) is 0 Å². The van der Waals surface area contributed by atoms with Crippen molar-refractivity contribution < 1.29 is 19.4 Å². The molecular weight excluding hydrogens is 318 g/mol. The van der Waals surface area contributed by atoms with E-state index < -0.39 is 5.97 Å². The minimum atomic E-state index is -1.02. The molecule has 1 aromatic heterocycles. The molecule has 0 aromatic carbocycles. The summed E-state index contributed by atoms with van der Waals surface area (Å²) in [7, 11) is 0. The summed E-state index contributed by atoms with van der Waals surface area (Å²) < 4.78 is 5.23. The SMILES string of the molecule is CCCCCCCC(=O)OCC(C)c1ncccc1C(=O)O.Cl. The van der Waals surface area contributed by atoms with E-state index >= 15 is 0 Å². The Kier molecular flexibility index (Phi) is 11.0. The number of esters is 1. The number of aromatic nitrogens is 1. The highest BCUT2D eigenvalue weighted by Crippen LogP contribution is 2.18. The van der Waals surface area contributed by atoms with Crippen LogP contribution in [-0.4, -0.2) is 28.6 Å². The van der Waals surface area contributed by atoms with E-state index in [0.29, 0.717) is 12.1 Å². The molecule has 23 heavy (non-hydrogen) atoms. The van der Waals surface area contributed by atoms with Crippen LogP contribution in [-0.2, 0) is 9.53 Å². The van der Waals surface area contributed by atoms with Crippen LogP contribution in [0.2, 0.25) is 0 Å². The van der Waals surface area contributed by atoms with Gasteiger partial charge < -0.3 is 9.84 Å². The van der Waals surface area contributed by atoms with E-state index in [1.807, 2.05) is 6.92 Å². The molecule has 0 aliphatic rings. The lowest BCUT2D eigenvalue weighted by atomic mass is 10.0. The number of nitrogens with zero attached hydrogens (tertiary/aromatic N) is 1. The fraction of sp³-hybridized carbons (Fsp3) is 0.588. The average Bonchev–Trinajstić information content (AvgIpc) is 2.52. The molecule has 0 spiro atoms. The maximum absolute atomic E-state index is 11.7. The molecule has 0 saturated heterocycles. The van der Waals surface area contributed by atoms with Gasteiger partial charge in [-0.05, 0) is 18.6 Å². The van der Waals surface area contributed by atoms with Crippen LogP contribution in [0.5, 0.6) is 0 Å². The van der Waals surface area contributed by atoms with Gasteiger partial charge in [-0.2, -0.15) is 0 Å². The van der Waals surface area contributed by atoms with Gasteiger partial charge in [0, 0.05) is 18.5 Å². The predicted octanol–water partition coefficient (Wildman–Crippen LogP) is 4.21. The molecule has 0 aliphatic heterocycles. The first-order valence-electron chi connectivity index (χ1n) is 7.90. The third kappa shape index (κ3) is 7.98. The Hall–Kier alpha value is -1.62. The third-order valence-electron chi connectivity index (χ3n) is 3.51. The fourth-order valence-corrected chi connectivity index (χ4v) is 2.23. The van der Waals surface area contributed by atoms with Crippen LogP contribution in [0.15, 0.2) is 18.3 Å². The number of halogens is 1. The van der Waals surface area contributed by atoms with Gasteiger partial charge in [0.2, 0.25) is 0 Å². The van der Waals surface area contributed by atoms with Gasteiger partial charge in [-0.15, -0.1) is 12.4 Å². The minimum Gasteiger partial charge on any atom is -0.478 e. The van der Waals surface area contributed by atoms with Crippen molar-refractivity contribution in [2.45, 2.75) is 58.3 Å². The Morgan fingerprint density at radius 2 is 1.96 bits per heavy atom. The normalized spacial score (nSPS) is 11.4. The maximum Gasteiger partial charge on any atom is 0.337 e. The third-order valence-corrected chi connectivity index (χ3v) is 3.51.